The average molecular weight is 341 g/mol. The van der Waals surface area contributed by atoms with Crippen molar-refractivity contribution in [1.29, 1.82) is 0 Å². The lowest BCUT2D eigenvalue weighted by molar-refractivity contribution is 0.102. The van der Waals surface area contributed by atoms with Gasteiger partial charge in [-0.25, -0.2) is 0 Å². The Balaban J connectivity index is 1.90. The fraction of sp³-hybridized carbons (Fsp3) is 0. The molecule has 3 aromatic carbocycles. The summed E-state index contributed by atoms with van der Waals surface area (Å²) in [6, 6.07) is 19.0. The number of nitrogens with two attached hydrogens (primary N) is 1. The molecule has 0 aromatic heterocycles. The Labute approximate surface area is 130 Å². The van der Waals surface area contributed by atoms with Gasteiger partial charge in [0.05, 0.1) is 5.56 Å². The molecule has 0 aliphatic rings. The molecule has 3 N–H and O–H groups in total. The van der Waals surface area contributed by atoms with Gasteiger partial charge in [-0.15, -0.1) is 0 Å². The average Bonchev–Trinajstić information content (AvgIpc) is 2.49. The molecule has 0 unspecified atom stereocenters. The van der Waals surface area contributed by atoms with Crippen molar-refractivity contribution in [3.05, 3.63) is 70.7 Å². The van der Waals surface area contributed by atoms with Gasteiger partial charge in [0.2, 0.25) is 0 Å². The number of hydrogen-bond donors (Lipinski definition) is 2. The topological polar surface area (TPSA) is 55.1 Å². The van der Waals surface area contributed by atoms with Crippen LogP contribution in [0.2, 0.25) is 0 Å². The number of amides is 1. The monoisotopic (exact) mass is 340 g/mol. The largest absolute Gasteiger partial charge is 0.399 e. The maximum absolute atomic E-state index is 12.3. The third-order valence-corrected chi connectivity index (χ3v) is 3.93. The van der Waals surface area contributed by atoms with Crippen LogP contribution in [0.4, 0.5) is 11.4 Å². The predicted octanol–water partition coefficient (Wildman–Crippen LogP) is 4.44. The summed E-state index contributed by atoms with van der Waals surface area (Å²) < 4.78 is 0.718. The molecule has 0 fully saturated rings. The van der Waals surface area contributed by atoms with Crippen LogP contribution in [0.3, 0.4) is 0 Å². The molecule has 0 atom stereocenters. The molecule has 3 nitrogen and oxygen atoms in total. The summed E-state index contributed by atoms with van der Waals surface area (Å²) in [7, 11) is 0. The number of fused-ring (bicyclic) bond motifs is 1. The molecule has 4 heteroatoms. The minimum absolute atomic E-state index is 0.190. The van der Waals surface area contributed by atoms with Crippen LogP contribution in [0.5, 0.6) is 0 Å². The lowest BCUT2D eigenvalue weighted by Crippen LogP contribution is -2.12. The lowest BCUT2D eigenvalue weighted by atomic mass is 10.1. The van der Waals surface area contributed by atoms with Crippen LogP contribution in [0.1, 0.15) is 10.4 Å². The summed E-state index contributed by atoms with van der Waals surface area (Å²) in [6.07, 6.45) is 0. The van der Waals surface area contributed by atoms with Crippen molar-refractivity contribution < 1.29 is 4.79 Å². The summed E-state index contributed by atoms with van der Waals surface area (Å²) in [5.41, 5.74) is 7.56. The maximum Gasteiger partial charge on any atom is 0.256 e. The summed E-state index contributed by atoms with van der Waals surface area (Å²) in [6.45, 7) is 0. The second-order valence-electron chi connectivity index (χ2n) is 4.76. The normalized spacial score (nSPS) is 10.5. The Kier molecular flexibility index (Phi) is 3.62. The molecule has 1 amide bonds. The van der Waals surface area contributed by atoms with E-state index >= 15 is 0 Å². The zero-order valence-electron chi connectivity index (χ0n) is 11.1. The van der Waals surface area contributed by atoms with Gasteiger partial charge >= 0.3 is 0 Å². The van der Waals surface area contributed by atoms with Gasteiger partial charge in [0.15, 0.2) is 0 Å². The molecule has 0 aliphatic heterocycles. The Hall–Kier alpha value is -2.33. The van der Waals surface area contributed by atoms with Crippen LogP contribution in [-0.2, 0) is 0 Å². The van der Waals surface area contributed by atoms with Gasteiger partial charge in [0, 0.05) is 15.8 Å². The third-order valence-electron chi connectivity index (χ3n) is 3.24. The van der Waals surface area contributed by atoms with E-state index in [1.54, 1.807) is 18.2 Å². The van der Waals surface area contributed by atoms with E-state index in [1.807, 2.05) is 42.5 Å². The van der Waals surface area contributed by atoms with Gasteiger partial charge in [0.25, 0.3) is 5.91 Å². The van der Waals surface area contributed by atoms with Crippen LogP contribution in [0.15, 0.2) is 65.1 Å². The molecular weight excluding hydrogens is 328 g/mol. The highest BCUT2D eigenvalue weighted by Crippen LogP contribution is 2.23. The van der Waals surface area contributed by atoms with Crippen LogP contribution in [0, 0.1) is 0 Å². The highest BCUT2D eigenvalue weighted by Gasteiger charge is 2.11. The number of carbonyl (C=O) groups excluding carboxylic acids is 1. The van der Waals surface area contributed by atoms with E-state index in [0.29, 0.717) is 11.3 Å². The highest BCUT2D eigenvalue weighted by molar-refractivity contribution is 9.10. The molecule has 0 radical (unpaired) electrons. The second kappa shape index (κ2) is 5.58. The van der Waals surface area contributed by atoms with Crippen molar-refractivity contribution >= 4 is 44.0 Å². The quantitative estimate of drug-likeness (QED) is 0.677. The van der Waals surface area contributed by atoms with Gasteiger partial charge in [-0.1, -0.05) is 30.3 Å². The first-order valence-electron chi connectivity index (χ1n) is 6.49. The van der Waals surface area contributed by atoms with Crippen molar-refractivity contribution in [2.75, 3.05) is 11.1 Å². The molecule has 0 aliphatic carbocycles. The number of nitrogens with one attached hydrogen (secondary N) is 1. The summed E-state index contributed by atoms with van der Waals surface area (Å²) in [5, 5.41) is 5.12. The number of hydrogen-bond acceptors (Lipinski definition) is 2. The molecule has 0 saturated carbocycles. The first kappa shape index (κ1) is 13.6. The number of carbonyl (C=O) groups is 1. The third kappa shape index (κ3) is 2.90. The maximum atomic E-state index is 12.3. The van der Waals surface area contributed by atoms with Crippen molar-refractivity contribution in [3.63, 3.8) is 0 Å². The van der Waals surface area contributed by atoms with Gasteiger partial charge in [-0.2, -0.15) is 0 Å². The van der Waals surface area contributed by atoms with E-state index in [0.717, 1.165) is 20.9 Å². The van der Waals surface area contributed by atoms with Crippen molar-refractivity contribution in [2.45, 2.75) is 0 Å². The molecule has 0 spiro atoms. The second-order valence-corrected chi connectivity index (χ2v) is 5.61. The van der Waals surface area contributed by atoms with Crippen molar-refractivity contribution in [3.8, 4) is 0 Å². The van der Waals surface area contributed by atoms with E-state index in [1.165, 1.54) is 0 Å². The molecule has 104 valence electrons. The zero-order valence-corrected chi connectivity index (χ0v) is 12.7. The van der Waals surface area contributed by atoms with Crippen LogP contribution < -0.4 is 11.1 Å². The first-order valence-corrected chi connectivity index (χ1v) is 7.28. The molecule has 3 aromatic rings. The van der Waals surface area contributed by atoms with Gasteiger partial charge in [0.1, 0.15) is 0 Å². The van der Waals surface area contributed by atoms with Crippen LogP contribution >= 0.6 is 15.9 Å². The van der Waals surface area contributed by atoms with Crippen LogP contribution in [0.25, 0.3) is 10.8 Å². The summed E-state index contributed by atoms with van der Waals surface area (Å²) >= 11 is 3.37. The minimum Gasteiger partial charge on any atom is -0.399 e. The Morgan fingerprint density at radius 1 is 0.952 bits per heavy atom. The van der Waals surface area contributed by atoms with E-state index in [-0.39, 0.29) is 5.91 Å². The summed E-state index contributed by atoms with van der Waals surface area (Å²) in [4.78, 5) is 12.3. The number of nitrogen functional groups attached to an aromatic ring is 1. The Bertz CT molecular complexity index is 830. The molecule has 0 bridgehead atoms. The van der Waals surface area contributed by atoms with Gasteiger partial charge in [-0.05, 0) is 57.0 Å². The Morgan fingerprint density at radius 3 is 2.52 bits per heavy atom. The molecule has 0 heterocycles. The number of rotatable bonds is 2. The molecule has 0 saturated heterocycles. The zero-order chi connectivity index (χ0) is 14.8. The predicted molar refractivity (Wildman–Crippen MR) is 90.5 cm³/mol. The van der Waals surface area contributed by atoms with E-state index < -0.39 is 0 Å². The van der Waals surface area contributed by atoms with E-state index in [4.69, 9.17) is 5.73 Å². The van der Waals surface area contributed by atoms with E-state index in [9.17, 15) is 4.79 Å². The SMILES string of the molecule is Nc1ccc(Br)c(C(=O)Nc2ccc3ccccc3c2)c1. The van der Waals surface area contributed by atoms with Crippen molar-refractivity contribution in [1.82, 2.24) is 0 Å². The fourth-order valence-electron chi connectivity index (χ4n) is 2.18. The smallest absolute Gasteiger partial charge is 0.256 e. The van der Waals surface area contributed by atoms with Gasteiger partial charge < -0.3 is 11.1 Å². The number of anilines is 2. The molecular formula is C17H13BrN2O. The molecule has 3 rings (SSSR count). The fourth-order valence-corrected chi connectivity index (χ4v) is 2.61. The number of benzene rings is 3. The standard InChI is InChI=1S/C17H13BrN2O/c18-16-8-6-13(19)10-15(16)17(21)20-14-7-5-11-3-1-2-4-12(11)9-14/h1-10H,19H2,(H,20,21). The van der Waals surface area contributed by atoms with E-state index in [2.05, 4.69) is 21.2 Å². The lowest BCUT2D eigenvalue weighted by Gasteiger charge is -2.08. The van der Waals surface area contributed by atoms with Crippen LogP contribution in [-0.4, -0.2) is 5.91 Å². The number of halogens is 1. The minimum atomic E-state index is -0.190. The Morgan fingerprint density at radius 2 is 1.71 bits per heavy atom. The highest BCUT2D eigenvalue weighted by atomic mass is 79.9. The summed E-state index contributed by atoms with van der Waals surface area (Å²) in [5.74, 6) is -0.190. The molecule has 21 heavy (non-hydrogen) atoms. The van der Waals surface area contributed by atoms with Crippen molar-refractivity contribution in [2.24, 2.45) is 0 Å². The first-order chi connectivity index (χ1) is 10.1. The van der Waals surface area contributed by atoms with Gasteiger partial charge in [-0.3, -0.25) is 4.79 Å².